The lowest BCUT2D eigenvalue weighted by molar-refractivity contribution is 0.300. The van der Waals surface area contributed by atoms with Crippen LogP contribution in [0.15, 0.2) is 68.6 Å². The van der Waals surface area contributed by atoms with E-state index < -0.39 is 5.82 Å². The summed E-state index contributed by atoms with van der Waals surface area (Å²) in [6.07, 6.45) is 6.02. The molecule has 0 bridgehead atoms. The fourth-order valence-electron chi connectivity index (χ4n) is 4.41. The van der Waals surface area contributed by atoms with Crippen molar-refractivity contribution in [1.82, 2.24) is 14.5 Å². The van der Waals surface area contributed by atoms with Gasteiger partial charge in [-0.15, -0.1) is 0 Å². The Morgan fingerprint density at radius 3 is 2.72 bits per heavy atom. The molecule has 4 rings (SSSR count). The summed E-state index contributed by atoms with van der Waals surface area (Å²) in [5, 5.41) is 1.36. The first-order chi connectivity index (χ1) is 18.7. The summed E-state index contributed by atoms with van der Waals surface area (Å²) in [4.78, 5) is 30.2. The highest BCUT2D eigenvalue weighted by Gasteiger charge is 2.18. The Labute approximate surface area is 231 Å². The van der Waals surface area contributed by atoms with Crippen LogP contribution in [0.1, 0.15) is 47.5 Å². The van der Waals surface area contributed by atoms with Crippen molar-refractivity contribution < 1.29 is 9.13 Å². The predicted molar refractivity (Wildman–Crippen MR) is 156 cm³/mol. The molecule has 39 heavy (non-hydrogen) atoms. The number of halogens is 2. The highest BCUT2D eigenvalue weighted by Crippen LogP contribution is 2.34. The van der Waals surface area contributed by atoms with Gasteiger partial charge in [0.1, 0.15) is 23.7 Å². The van der Waals surface area contributed by atoms with E-state index in [1.165, 1.54) is 17.0 Å². The standard InChI is InChI=1S/C30H29ClFN5O2/c1-6-34-28(19(3)31)23-13-18(2)36-29-22(23)10-7-11-27(29)39-17-25-24(20(4)35-15-26(25)32)16-37-12-8-9-21(14-33-5)30(37)38/h6-15H,16-17H2,1-5H3. The molecule has 0 radical (unpaired) electrons. The Hall–Kier alpha value is -4.17. The van der Waals surface area contributed by atoms with Crippen molar-refractivity contribution >= 4 is 40.6 Å². The summed E-state index contributed by atoms with van der Waals surface area (Å²) >= 11 is 6.38. The lowest BCUT2D eigenvalue weighted by Crippen LogP contribution is -2.24. The van der Waals surface area contributed by atoms with Gasteiger partial charge in [0.15, 0.2) is 0 Å². The third-order valence-electron chi connectivity index (χ3n) is 6.25. The number of allylic oxidation sites excluding steroid dienone is 1. The van der Waals surface area contributed by atoms with Crippen LogP contribution in [0, 0.1) is 19.7 Å². The van der Waals surface area contributed by atoms with Gasteiger partial charge in [0.05, 0.1) is 24.0 Å². The van der Waals surface area contributed by atoms with Crippen LogP contribution in [0.25, 0.3) is 16.6 Å². The van der Waals surface area contributed by atoms with E-state index in [1.807, 2.05) is 32.0 Å². The van der Waals surface area contributed by atoms with Gasteiger partial charge in [0.25, 0.3) is 5.56 Å². The molecule has 9 heteroatoms. The minimum Gasteiger partial charge on any atom is -0.486 e. The zero-order valence-corrected chi connectivity index (χ0v) is 23.3. The second-order valence-corrected chi connectivity index (χ2v) is 9.52. The number of pyridine rings is 3. The minimum absolute atomic E-state index is 0.0796. The summed E-state index contributed by atoms with van der Waals surface area (Å²) in [6, 6.07) is 10.9. The summed E-state index contributed by atoms with van der Waals surface area (Å²) in [7, 11) is 1.60. The molecule has 200 valence electrons. The van der Waals surface area contributed by atoms with Crippen molar-refractivity contribution in [1.29, 1.82) is 0 Å². The highest BCUT2D eigenvalue weighted by molar-refractivity contribution is 6.32. The molecule has 0 saturated heterocycles. The molecule has 0 aliphatic carbocycles. The van der Waals surface area contributed by atoms with Crippen LogP contribution in [0.4, 0.5) is 4.39 Å². The molecule has 7 nitrogen and oxygen atoms in total. The molecule has 0 aliphatic heterocycles. The molecule has 4 aromatic rings. The fraction of sp³-hybridized carbons (Fsp3) is 0.233. The molecule has 1 aromatic carbocycles. The molecule has 0 N–H and O–H groups in total. The van der Waals surface area contributed by atoms with Gasteiger partial charge in [-0.2, -0.15) is 0 Å². The average molecular weight is 546 g/mol. The quantitative estimate of drug-likeness (QED) is 0.245. The molecule has 3 heterocycles. The molecule has 3 aromatic heterocycles. The fourth-order valence-corrected chi connectivity index (χ4v) is 4.56. The number of aliphatic imine (C=N–C) groups is 2. The molecule has 0 atom stereocenters. The average Bonchev–Trinajstić information content (AvgIpc) is 2.90. The van der Waals surface area contributed by atoms with Gasteiger partial charge in [-0.05, 0) is 52.0 Å². The van der Waals surface area contributed by atoms with E-state index in [0.717, 1.165) is 16.6 Å². The minimum atomic E-state index is -0.514. The Kier molecular flexibility index (Phi) is 8.66. The maximum atomic E-state index is 15.2. The van der Waals surface area contributed by atoms with Crippen molar-refractivity contribution in [2.45, 2.75) is 40.8 Å². The Balaban J connectivity index is 1.75. The Morgan fingerprint density at radius 1 is 1.21 bits per heavy atom. The predicted octanol–water partition coefficient (Wildman–Crippen LogP) is 6.24. The van der Waals surface area contributed by atoms with Crippen molar-refractivity contribution in [3.8, 4) is 5.75 Å². The summed E-state index contributed by atoms with van der Waals surface area (Å²) in [5.41, 5.74) is 4.57. The molecule has 0 unspecified atom stereocenters. The van der Waals surface area contributed by atoms with Crippen molar-refractivity contribution in [3.05, 3.63) is 104 Å². The van der Waals surface area contributed by atoms with E-state index in [2.05, 4.69) is 15.0 Å². The molecule has 0 fully saturated rings. The van der Waals surface area contributed by atoms with Crippen LogP contribution in [0.2, 0.25) is 0 Å². The van der Waals surface area contributed by atoms with Crippen LogP contribution >= 0.6 is 11.6 Å². The first-order valence-corrected chi connectivity index (χ1v) is 12.8. The van der Waals surface area contributed by atoms with Crippen LogP contribution in [-0.4, -0.2) is 34.0 Å². The van der Waals surface area contributed by atoms with Crippen LogP contribution < -0.4 is 10.3 Å². The van der Waals surface area contributed by atoms with E-state index in [-0.39, 0.29) is 18.7 Å². The van der Waals surface area contributed by atoms with E-state index in [9.17, 15) is 4.79 Å². The van der Waals surface area contributed by atoms with E-state index >= 15 is 4.39 Å². The van der Waals surface area contributed by atoms with E-state index in [1.54, 1.807) is 51.5 Å². The van der Waals surface area contributed by atoms with Crippen LogP contribution in [0.3, 0.4) is 0 Å². The van der Waals surface area contributed by atoms with E-state index in [4.69, 9.17) is 21.3 Å². The van der Waals surface area contributed by atoms with E-state index in [0.29, 0.717) is 44.4 Å². The number of rotatable bonds is 8. The monoisotopic (exact) mass is 545 g/mol. The number of aromatic nitrogens is 3. The third kappa shape index (κ3) is 5.96. The molecule has 0 amide bonds. The van der Waals surface area contributed by atoms with Gasteiger partial charge in [-0.25, -0.2) is 9.37 Å². The lowest BCUT2D eigenvalue weighted by atomic mass is 10.0. The van der Waals surface area contributed by atoms with Crippen LogP contribution in [-0.2, 0) is 13.2 Å². The first-order valence-electron chi connectivity index (χ1n) is 12.4. The number of benzene rings is 1. The number of fused-ring (bicyclic) bond motifs is 1. The third-order valence-corrected chi connectivity index (χ3v) is 6.43. The zero-order chi connectivity index (χ0) is 28.1. The number of para-hydroxylation sites is 1. The Bertz CT molecular complexity index is 1690. The molecule has 0 aliphatic rings. The van der Waals surface area contributed by atoms with Gasteiger partial charge in [0, 0.05) is 64.2 Å². The molecular formula is C30H29ClFN5O2. The van der Waals surface area contributed by atoms with Gasteiger partial charge < -0.3 is 9.30 Å². The van der Waals surface area contributed by atoms with Crippen LogP contribution in [0.5, 0.6) is 5.75 Å². The normalized spacial score (nSPS) is 12.5. The maximum Gasteiger partial charge on any atom is 0.259 e. The largest absolute Gasteiger partial charge is 0.486 e. The smallest absolute Gasteiger partial charge is 0.259 e. The SMILES string of the molecule is CC=NC(=C(C)Cl)c1cc(C)nc2c(OCc3c(F)cnc(C)c3Cn3cccc(C=NC)c3=O)cccc12. The topological polar surface area (TPSA) is 81.7 Å². The molecular weight excluding hydrogens is 517 g/mol. The maximum absolute atomic E-state index is 15.2. The van der Waals surface area contributed by atoms with Gasteiger partial charge >= 0.3 is 0 Å². The molecule has 0 saturated carbocycles. The number of aryl methyl sites for hydroxylation is 2. The second-order valence-electron chi connectivity index (χ2n) is 8.95. The second kappa shape index (κ2) is 12.1. The first kappa shape index (κ1) is 27.9. The lowest BCUT2D eigenvalue weighted by Gasteiger charge is -2.17. The summed E-state index contributed by atoms with van der Waals surface area (Å²) < 4.78 is 22.9. The Morgan fingerprint density at radius 2 is 2.00 bits per heavy atom. The van der Waals surface area contributed by atoms with Crippen molar-refractivity contribution in [2.24, 2.45) is 9.98 Å². The number of nitrogens with zero attached hydrogens (tertiary/aromatic N) is 5. The summed E-state index contributed by atoms with van der Waals surface area (Å²) in [5.74, 6) is -0.0251. The highest BCUT2D eigenvalue weighted by atomic mass is 35.5. The molecule has 0 spiro atoms. The van der Waals surface area contributed by atoms with Gasteiger partial charge in [0.2, 0.25) is 0 Å². The number of hydrogen-bond donors (Lipinski definition) is 0. The number of hydrogen-bond acceptors (Lipinski definition) is 6. The zero-order valence-electron chi connectivity index (χ0n) is 22.5. The van der Waals surface area contributed by atoms with Gasteiger partial charge in [-0.3, -0.25) is 19.8 Å². The summed E-state index contributed by atoms with van der Waals surface area (Å²) in [6.45, 7) is 7.34. The van der Waals surface area contributed by atoms with Crippen molar-refractivity contribution in [3.63, 3.8) is 0 Å². The van der Waals surface area contributed by atoms with Gasteiger partial charge in [-0.1, -0.05) is 23.7 Å². The number of ether oxygens (including phenoxy) is 1. The van der Waals surface area contributed by atoms with Crippen molar-refractivity contribution in [2.75, 3.05) is 7.05 Å².